The van der Waals surface area contributed by atoms with Crippen molar-refractivity contribution < 1.29 is 26.4 Å². The van der Waals surface area contributed by atoms with Gasteiger partial charge in [-0.2, -0.15) is 13.2 Å². The molecule has 0 saturated carbocycles. The van der Waals surface area contributed by atoms with Gasteiger partial charge in [-0.25, -0.2) is 8.42 Å². The first-order valence-corrected chi connectivity index (χ1v) is 9.07. The van der Waals surface area contributed by atoms with Gasteiger partial charge in [0.2, 0.25) is 15.9 Å². The number of benzene rings is 1. The predicted octanol–water partition coefficient (Wildman–Crippen LogP) is 2.78. The Labute approximate surface area is 139 Å². The lowest BCUT2D eigenvalue weighted by atomic mass is 10.0. The Bertz CT molecular complexity index is 700. The lowest BCUT2D eigenvalue weighted by Gasteiger charge is -2.28. The van der Waals surface area contributed by atoms with Crippen LogP contribution in [0.25, 0.3) is 0 Å². The van der Waals surface area contributed by atoms with Gasteiger partial charge in [-0.3, -0.25) is 9.10 Å². The van der Waals surface area contributed by atoms with Crippen molar-refractivity contribution in [3.63, 3.8) is 0 Å². The number of rotatable bonds is 6. The van der Waals surface area contributed by atoms with Gasteiger partial charge >= 0.3 is 6.18 Å². The Morgan fingerprint density at radius 1 is 1.25 bits per heavy atom. The van der Waals surface area contributed by atoms with E-state index in [0.29, 0.717) is 16.8 Å². The van der Waals surface area contributed by atoms with E-state index in [9.17, 15) is 26.4 Å². The monoisotopic (exact) mass is 366 g/mol. The molecule has 24 heavy (non-hydrogen) atoms. The Hall–Kier alpha value is -1.77. The molecule has 0 spiro atoms. The molecule has 1 rings (SSSR count). The van der Waals surface area contributed by atoms with E-state index >= 15 is 0 Å². The summed E-state index contributed by atoms with van der Waals surface area (Å²) in [6, 6.07) is 3.86. The van der Waals surface area contributed by atoms with Gasteiger partial charge in [0.05, 0.1) is 17.5 Å². The van der Waals surface area contributed by atoms with Gasteiger partial charge in [-0.1, -0.05) is 13.0 Å². The molecule has 1 aromatic carbocycles. The Morgan fingerprint density at radius 2 is 1.83 bits per heavy atom. The van der Waals surface area contributed by atoms with Crippen molar-refractivity contribution in [3.8, 4) is 0 Å². The molecule has 1 N–H and O–H groups in total. The summed E-state index contributed by atoms with van der Waals surface area (Å²) in [5, 5.41) is 2.66. The van der Waals surface area contributed by atoms with Crippen LogP contribution >= 0.6 is 0 Å². The van der Waals surface area contributed by atoms with Crippen LogP contribution in [0.3, 0.4) is 0 Å². The third-order valence-corrected chi connectivity index (χ3v) is 4.65. The van der Waals surface area contributed by atoms with Crippen LogP contribution in [0.15, 0.2) is 24.3 Å². The average Bonchev–Trinajstić information content (AvgIpc) is 2.42. The Kier molecular flexibility index (Phi) is 5.91. The van der Waals surface area contributed by atoms with Gasteiger partial charge in [0.15, 0.2) is 0 Å². The summed E-state index contributed by atoms with van der Waals surface area (Å²) >= 11 is 0. The second-order valence-corrected chi connectivity index (χ2v) is 8.01. The maximum absolute atomic E-state index is 12.8. The molecule has 0 aliphatic carbocycles. The molecular formula is C15H21F3N2O3S. The van der Waals surface area contributed by atoms with Gasteiger partial charge in [0, 0.05) is 5.54 Å². The van der Waals surface area contributed by atoms with Crippen molar-refractivity contribution in [1.82, 2.24) is 5.32 Å². The Morgan fingerprint density at radius 3 is 2.29 bits per heavy atom. The molecule has 0 aliphatic rings. The number of amides is 1. The van der Waals surface area contributed by atoms with Crippen molar-refractivity contribution in [2.75, 3.05) is 17.1 Å². The van der Waals surface area contributed by atoms with Gasteiger partial charge in [-0.15, -0.1) is 0 Å². The minimum Gasteiger partial charge on any atom is -0.350 e. The van der Waals surface area contributed by atoms with Crippen LogP contribution in [0, 0.1) is 0 Å². The topological polar surface area (TPSA) is 66.5 Å². The van der Waals surface area contributed by atoms with Crippen molar-refractivity contribution in [2.24, 2.45) is 0 Å². The van der Waals surface area contributed by atoms with E-state index in [1.165, 1.54) is 6.07 Å². The van der Waals surface area contributed by atoms with E-state index in [-0.39, 0.29) is 5.69 Å². The first-order chi connectivity index (χ1) is 10.8. The molecule has 1 aromatic rings. The van der Waals surface area contributed by atoms with Crippen LogP contribution < -0.4 is 9.62 Å². The number of halogens is 3. The number of carbonyl (C=O) groups excluding carboxylic acids is 1. The number of nitrogens with zero attached hydrogens (tertiary/aromatic N) is 1. The number of anilines is 1. The smallest absolute Gasteiger partial charge is 0.350 e. The summed E-state index contributed by atoms with van der Waals surface area (Å²) in [7, 11) is -3.93. The molecule has 0 unspecified atom stereocenters. The second kappa shape index (κ2) is 7.00. The van der Waals surface area contributed by atoms with E-state index < -0.39 is 39.8 Å². The zero-order chi connectivity index (χ0) is 18.8. The second-order valence-electron chi connectivity index (χ2n) is 6.10. The number of alkyl halides is 3. The molecule has 5 nitrogen and oxygen atoms in total. The van der Waals surface area contributed by atoms with Crippen molar-refractivity contribution in [1.29, 1.82) is 0 Å². The molecule has 0 bridgehead atoms. The highest BCUT2D eigenvalue weighted by atomic mass is 32.2. The number of hydrogen-bond acceptors (Lipinski definition) is 3. The summed E-state index contributed by atoms with van der Waals surface area (Å²) in [5.41, 5.74) is -1.74. The fourth-order valence-electron chi connectivity index (χ4n) is 1.87. The van der Waals surface area contributed by atoms with Crippen LogP contribution in [0.4, 0.5) is 18.9 Å². The zero-order valence-electron chi connectivity index (χ0n) is 13.9. The highest BCUT2D eigenvalue weighted by molar-refractivity contribution is 7.92. The normalized spacial score (nSPS) is 12.8. The molecule has 9 heteroatoms. The van der Waals surface area contributed by atoms with Gasteiger partial charge in [0.25, 0.3) is 0 Å². The minimum absolute atomic E-state index is 0.211. The summed E-state index contributed by atoms with van der Waals surface area (Å²) in [4.78, 5) is 12.1. The quantitative estimate of drug-likeness (QED) is 0.842. The van der Waals surface area contributed by atoms with Crippen LogP contribution in [0.1, 0.15) is 32.8 Å². The van der Waals surface area contributed by atoms with E-state index in [1.54, 1.807) is 13.8 Å². The van der Waals surface area contributed by atoms with Crippen LogP contribution in [-0.2, 0) is 21.0 Å². The molecule has 0 atom stereocenters. The third-order valence-electron chi connectivity index (χ3n) is 3.51. The third kappa shape index (κ3) is 5.70. The fourth-order valence-corrected chi connectivity index (χ4v) is 2.72. The molecule has 1 amide bonds. The standard InChI is InChI=1S/C15H21F3N2O3S/c1-5-14(2,3)19-13(21)10-20(24(4,22)23)12-8-6-7-11(9-12)15(16,17)18/h6-9H,5,10H2,1-4H3,(H,19,21). The average molecular weight is 366 g/mol. The molecule has 0 aromatic heterocycles. The first-order valence-electron chi connectivity index (χ1n) is 7.22. The molecular weight excluding hydrogens is 345 g/mol. The number of hydrogen-bond donors (Lipinski definition) is 1. The van der Waals surface area contributed by atoms with Crippen LogP contribution in [-0.4, -0.2) is 32.7 Å². The minimum atomic E-state index is -4.61. The van der Waals surface area contributed by atoms with Crippen molar-refractivity contribution in [2.45, 2.75) is 38.9 Å². The van der Waals surface area contributed by atoms with Gasteiger partial charge < -0.3 is 5.32 Å². The maximum Gasteiger partial charge on any atom is 0.416 e. The highest BCUT2D eigenvalue weighted by Gasteiger charge is 2.32. The summed E-state index contributed by atoms with van der Waals surface area (Å²) < 4.78 is 62.9. The summed E-state index contributed by atoms with van der Waals surface area (Å²) in [6.45, 7) is 4.78. The van der Waals surface area contributed by atoms with E-state index in [0.717, 1.165) is 18.4 Å². The van der Waals surface area contributed by atoms with Crippen LogP contribution in [0.2, 0.25) is 0 Å². The number of carbonyl (C=O) groups is 1. The fraction of sp³-hybridized carbons (Fsp3) is 0.533. The van der Waals surface area contributed by atoms with Crippen molar-refractivity contribution in [3.05, 3.63) is 29.8 Å². The van der Waals surface area contributed by atoms with Crippen LogP contribution in [0.5, 0.6) is 0 Å². The lowest BCUT2D eigenvalue weighted by molar-refractivity contribution is -0.137. The molecule has 0 fully saturated rings. The molecule has 136 valence electrons. The van der Waals surface area contributed by atoms with Gasteiger partial charge in [-0.05, 0) is 38.5 Å². The molecule has 0 heterocycles. The van der Waals surface area contributed by atoms with E-state index in [2.05, 4.69) is 5.32 Å². The zero-order valence-corrected chi connectivity index (χ0v) is 14.8. The van der Waals surface area contributed by atoms with Crippen molar-refractivity contribution >= 4 is 21.6 Å². The summed E-state index contributed by atoms with van der Waals surface area (Å²) in [6.07, 6.45) is -3.15. The lowest BCUT2D eigenvalue weighted by Crippen LogP contribution is -2.48. The molecule has 0 saturated heterocycles. The maximum atomic E-state index is 12.8. The molecule has 0 radical (unpaired) electrons. The van der Waals surface area contributed by atoms with E-state index in [1.807, 2.05) is 6.92 Å². The van der Waals surface area contributed by atoms with Gasteiger partial charge in [0.1, 0.15) is 6.54 Å². The number of nitrogens with one attached hydrogen (secondary N) is 1. The Balaban J connectivity index is 3.15. The SMILES string of the molecule is CCC(C)(C)NC(=O)CN(c1cccc(C(F)(F)F)c1)S(C)(=O)=O. The molecule has 0 aliphatic heterocycles. The first kappa shape index (κ1) is 20.3. The number of sulfonamides is 1. The van der Waals surface area contributed by atoms with E-state index in [4.69, 9.17) is 0 Å². The predicted molar refractivity (Wildman–Crippen MR) is 86.1 cm³/mol. The largest absolute Gasteiger partial charge is 0.416 e. The highest BCUT2D eigenvalue weighted by Crippen LogP contribution is 2.32. The summed E-state index contributed by atoms with van der Waals surface area (Å²) in [5.74, 6) is -0.593.